The van der Waals surface area contributed by atoms with Gasteiger partial charge in [0.25, 0.3) is 0 Å². The largest absolute Gasteiger partial charge is 0.337 e. The lowest BCUT2D eigenvalue weighted by atomic mass is 10.2. The minimum atomic E-state index is -0.341. The predicted molar refractivity (Wildman–Crippen MR) is 69.2 cm³/mol. The molecular formula is C11H8BrClFN3. The van der Waals surface area contributed by atoms with Crippen molar-refractivity contribution < 1.29 is 4.39 Å². The third-order valence-electron chi connectivity index (χ3n) is 2.09. The maximum atomic E-state index is 13.6. The van der Waals surface area contributed by atoms with Crippen LogP contribution in [0.1, 0.15) is 5.56 Å². The number of aryl methyl sites for hydroxylation is 1. The van der Waals surface area contributed by atoms with Crippen molar-refractivity contribution in [1.82, 2.24) is 9.97 Å². The summed E-state index contributed by atoms with van der Waals surface area (Å²) >= 11 is 8.93. The van der Waals surface area contributed by atoms with Gasteiger partial charge in [0.05, 0.1) is 10.2 Å². The summed E-state index contributed by atoms with van der Waals surface area (Å²) in [4.78, 5) is 7.75. The maximum Gasteiger partial charge on any atom is 0.224 e. The van der Waals surface area contributed by atoms with Crippen molar-refractivity contribution in [3.8, 4) is 0 Å². The van der Waals surface area contributed by atoms with Crippen LogP contribution in [0.25, 0.3) is 0 Å². The lowest BCUT2D eigenvalue weighted by Gasteiger charge is -2.08. The zero-order chi connectivity index (χ0) is 12.4. The maximum absolute atomic E-state index is 13.6. The smallest absolute Gasteiger partial charge is 0.224 e. The van der Waals surface area contributed by atoms with E-state index in [1.165, 1.54) is 12.3 Å². The van der Waals surface area contributed by atoms with Crippen LogP contribution >= 0.6 is 27.5 Å². The van der Waals surface area contributed by atoms with Crippen molar-refractivity contribution in [2.45, 2.75) is 6.92 Å². The van der Waals surface area contributed by atoms with Gasteiger partial charge in [0, 0.05) is 6.20 Å². The number of nitrogens with zero attached hydrogens (tertiary/aromatic N) is 2. The summed E-state index contributed by atoms with van der Waals surface area (Å²) in [5.74, 6) is 0.0828. The van der Waals surface area contributed by atoms with Crippen LogP contribution < -0.4 is 5.32 Å². The molecule has 0 radical (unpaired) electrons. The fourth-order valence-electron chi connectivity index (χ4n) is 1.28. The van der Waals surface area contributed by atoms with Crippen molar-refractivity contribution in [3.05, 3.63) is 45.5 Å². The van der Waals surface area contributed by atoms with Crippen molar-refractivity contribution in [2.75, 3.05) is 5.32 Å². The van der Waals surface area contributed by atoms with E-state index in [1.807, 2.05) is 13.0 Å². The Morgan fingerprint density at radius 3 is 2.88 bits per heavy atom. The molecule has 0 aliphatic carbocycles. The molecule has 2 rings (SSSR count). The number of hydrogen-bond acceptors (Lipinski definition) is 3. The predicted octanol–water partition coefficient (Wildman–Crippen LogP) is 4.08. The van der Waals surface area contributed by atoms with Crippen LogP contribution in [-0.4, -0.2) is 9.97 Å². The average molecular weight is 317 g/mol. The summed E-state index contributed by atoms with van der Waals surface area (Å²) in [6.07, 6.45) is 1.50. The number of nitrogens with one attached hydrogen (secondary N) is 1. The van der Waals surface area contributed by atoms with Crippen LogP contribution in [0.3, 0.4) is 0 Å². The Morgan fingerprint density at radius 1 is 1.41 bits per heavy atom. The Bertz CT molecular complexity index is 562. The van der Waals surface area contributed by atoms with Gasteiger partial charge < -0.3 is 5.32 Å². The molecule has 0 fully saturated rings. The van der Waals surface area contributed by atoms with Crippen LogP contribution in [0.2, 0.25) is 5.28 Å². The summed E-state index contributed by atoms with van der Waals surface area (Å²) in [7, 11) is 0. The number of rotatable bonds is 2. The first-order valence-electron chi connectivity index (χ1n) is 4.77. The number of hydrogen-bond donors (Lipinski definition) is 1. The Morgan fingerprint density at radius 2 is 2.18 bits per heavy atom. The molecule has 0 amide bonds. The van der Waals surface area contributed by atoms with Crippen molar-refractivity contribution in [1.29, 1.82) is 0 Å². The number of halogens is 3. The molecule has 0 saturated carbocycles. The van der Waals surface area contributed by atoms with Gasteiger partial charge in [-0.3, -0.25) is 0 Å². The molecule has 0 saturated heterocycles. The molecule has 0 spiro atoms. The minimum Gasteiger partial charge on any atom is -0.337 e. The molecule has 2 aromatic rings. The fraction of sp³-hybridized carbons (Fsp3) is 0.0909. The van der Waals surface area contributed by atoms with E-state index in [-0.39, 0.29) is 11.1 Å². The molecule has 0 bridgehead atoms. The van der Waals surface area contributed by atoms with Crippen LogP contribution in [0.4, 0.5) is 15.9 Å². The van der Waals surface area contributed by atoms with Gasteiger partial charge in [-0.05, 0) is 52.2 Å². The normalized spacial score (nSPS) is 10.4. The van der Waals surface area contributed by atoms with E-state index in [0.29, 0.717) is 16.0 Å². The molecule has 1 aromatic heterocycles. The SMILES string of the molecule is Cc1ccc(Nc2nc(Cl)ncc2Br)c(F)c1. The minimum absolute atomic E-state index is 0.100. The van der Waals surface area contributed by atoms with E-state index < -0.39 is 0 Å². The van der Waals surface area contributed by atoms with Crippen molar-refractivity contribution in [2.24, 2.45) is 0 Å². The highest BCUT2D eigenvalue weighted by molar-refractivity contribution is 9.10. The van der Waals surface area contributed by atoms with Gasteiger partial charge in [0.1, 0.15) is 11.6 Å². The Labute approximate surface area is 111 Å². The van der Waals surface area contributed by atoms with Gasteiger partial charge in [-0.1, -0.05) is 6.07 Å². The molecule has 0 aliphatic rings. The molecule has 3 nitrogen and oxygen atoms in total. The van der Waals surface area contributed by atoms with Crippen molar-refractivity contribution in [3.63, 3.8) is 0 Å². The Hall–Kier alpha value is -1.20. The molecule has 0 unspecified atom stereocenters. The van der Waals surface area contributed by atoms with Gasteiger partial charge in [-0.2, -0.15) is 4.98 Å². The first kappa shape index (κ1) is 12.3. The number of benzene rings is 1. The second-order valence-electron chi connectivity index (χ2n) is 3.44. The second-order valence-corrected chi connectivity index (χ2v) is 4.64. The standard InChI is InChI=1S/C11H8BrClFN3/c1-6-2-3-9(8(14)4-6)16-10-7(12)5-15-11(13)17-10/h2-5H,1H3,(H,15,16,17). The van der Waals surface area contributed by atoms with E-state index >= 15 is 0 Å². The summed E-state index contributed by atoms with van der Waals surface area (Å²) in [6.45, 7) is 1.82. The third kappa shape index (κ3) is 2.92. The molecule has 1 aromatic carbocycles. The van der Waals surface area contributed by atoms with Gasteiger partial charge in [-0.15, -0.1) is 0 Å². The summed E-state index contributed by atoms with van der Waals surface area (Å²) in [5.41, 5.74) is 1.19. The van der Waals surface area contributed by atoms with Crippen LogP contribution in [-0.2, 0) is 0 Å². The van der Waals surface area contributed by atoms with Gasteiger partial charge >= 0.3 is 0 Å². The monoisotopic (exact) mass is 315 g/mol. The molecule has 0 atom stereocenters. The first-order valence-corrected chi connectivity index (χ1v) is 5.94. The van der Waals surface area contributed by atoms with E-state index in [0.717, 1.165) is 5.56 Å². The van der Waals surface area contributed by atoms with Crippen LogP contribution in [0.5, 0.6) is 0 Å². The van der Waals surface area contributed by atoms with Gasteiger partial charge in [0.15, 0.2) is 0 Å². The lowest BCUT2D eigenvalue weighted by molar-refractivity contribution is 0.630. The summed E-state index contributed by atoms with van der Waals surface area (Å²) in [6, 6.07) is 4.90. The van der Waals surface area contributed by atoms with E-state index in [2.05, 4.69) is 31.2 Å². The fourth-order valence-corrected chi connectivity index (χ4v) is 1.71. The van der Waals surface area contributed by atoms with Gasteiger partial charge in [0.2, 0.25) is 5.28 Å². The highest BCUT2D eigenvalue weighted by atomic mass is 79.9. The summed E-state index contributed by atoms with van der Waals surface area (Å²) < 4.78 is 14.2. The zero-order valence-electron chi connectivity index (χ0n) is 8.84. The first-order chi connectivity index (χ1) is 8.06. The number of aromatic nitrogens is 2. The van der Waals surface area contributed by atoms with Crippen LogP contribution in [0, 0.1) is 12.7 Å². The number of anilines is 2. The lowest BCUT2D eigenvalue weighted by Crippen LogP contribution is -1.98. The molecule has 6 heteroatoms. The topological polar surface area (TPSA) is 37.8 Å². The molecule has 88 valence electrons. The van der Waals surface area contributed by atoms with E-state index in [4.69, 9.17) is 11.6 Å². The molecule has 1 heterocycles. The molecule has 0 aliphatic heterocycles. The zero-order valence-corrected chi connectivity index (χ0v) is 11.2. The highest BCUT2D eigenvalue weighted by Crippen LogP contribution is 2.25. The van der Waals surface area contributed by atoms with Gasteiger partial charge in [-0.25, -0.2) is 9.37 Å². The molecular weight excluding hydrogens is 308 g/mol. The van der Waals surface area contributed by atoms with E-state index in [9.17, 15) is 4.39 Å². The molecule has 1 N–H and O–H groups in total. The second kappa shape index (κ2) is 4.98. The van der Waals surface area contributed by atoms with E-state index in [1.54, 1.807) is 6.07 Å². The highest BCUT2D eigenvalue weighted by Gasteiger charge is 2.07. The quantitative estimate of drug-likeness (QED) is 0.848. The van der Waals surface area contributed by atoms with Crippen molar-refractivity contribution >= 4 is 39.0 Å². The third-order valence-corrected chi connectivity index (χ3v) is 2.85. The summed E-state index contributed by atoms with van der Waals surface area (Å²) in [5, 5.41) is 2.95. The van der Waals surface area contributed by atoms with Crippen LogP contribution in [0.15, 0.2) is 28.9 Å². The Kier molecular flexibility index (Phi) is 3.59. The Balaban J connectivity index is 2.34. The average Bonchev–Trinajstić information content (AvgIpc) is 2.27. The molecule has 17 heavy (non-hydrogen) atoms.